The molecule has 0 N–H and O–H groups in total. The summed E-state index contributed by atoms with van der Waals surface area (Å²) in [6.07, 6.45) is 1.95. The van der Waals surface area contributed by atoms with Gasteiger partial charge in [0.2, 0.25) is 0 Å². The average molecular weight is 226 g/mol. The Morgan fingerprint density at radius 2 is 2.07 bits per heavy atom. The van der Waals surface area contributed by atoms with Gasteiger partial charge in [-0.15, -0.1) is 0 Å². The van der Waals surface area contributed by atoms with E-state index in [0.717, 1.165) is 30.1 Å². The van der Waals surface area contributed by atoms with E-state index in [9.17, 15) is 0 Å². The molecule has 0 saturated carbocycles. The smallest absolute Gasteiger partial charge is 0.161 e. The van der Waals surface area contributed by atoms with E-state index < -0.39 is 0 Å². The van der Waals surface area contributed by atoms with Crippen LogP contribution in [0.2, 0.25) is 0 Å². The lowest BCUT2D eigenvalue weighted by Gasteiger charge is -2.11. The molecule has 1 rings (SSSR count). The van der Waals surface area contributed by atoms with Crippen molar-refractivity contribution in [3.63, 3.8) is 0 Å². The predicted molar refractivity (Wildman–Crippen MR) is 66.3 cm³/mol. The summed E-state index contributed by atoms with van der Waals surface area (Å²) in [5, 5.41) is 0. The number of rotatable bonds is 6. The highest BCUT2D eigenvalue weighted by atomic mass is 32.1. The van der Waals surface area contributed by atoms with Gasteiger partial charge in [-0.25, -0.2) is 0 Å². The third-order valence-electron chi connectivity index (χ3n) is 2.20. The van der Waals surface area contributed by atoms with Gasteiger partial charge in [0.1, 0.15) is 0 Å². The molecule has 0 aromatic heterocycles. The van der Waals surface area contributed by atoms with Crippen molar-refractivity contribution in [1.82, 2.24) is 0 Å². The van der Waals surface area contributed by atoms with E-state index in [1.54, 1.807) is 7.11 Å². The highest BCUT2D eigenvalue weighted by Gasteiger charge is 2.04. The molecule has 0 saturated heterocycles. The summed E-state index contributed by atoms with van der Waals surface area (Å²) >= 11 is 4.14. The molecule has 1 aromatic carbocycles. The van der Waals surface area contributed by atoms with Gasteiger partial charge in [-0.05, 0) is 36.3 Å². The zero-order chi connectivity index (χ0) is 11.1. The first kappa shape index (κ1) is 12.2. The Balaban J connectivity index is 2.69. The molecule has 1 aromatic rings. The van der Waals surface area contributed by atoms with Gasteiger partial charge in [0, 0.05) is 0 Å². The number of hydrogen-bond acceptors (Lipinski definition) is 3. The maximum absolute atomic E-state index is 5.59. The summed E-state index contributed by atoms with van der Waals surface area (Å²) in [6.45, 7) is 2.81. The van der Waals surface area contributed by atoms with Crippen molar-refractivity contribution in [3.8, 4) is 11.5 Å². The molecule has 0 amide bonds. The van der Waals surface area contributed by atoms with Crippen LogP contribution in [0.15, 0.2) is 18.2 Å². The quantitative estimate of drug-likeness (QED) is 0.594. The van der Waals surface area contributed by atoms with Crippen molar-refractivity contribution < 1.29 is 9.47 Å². The molecular weight excluding hydrogens is 208 g/mol. The van der Waals surface area contributed by atoms with Crippen molar-refractivity contribution in [2.75, 3.05) is 19.5 Å². The largest absolute Gasteiger partial charge is 0.493 e. The zero-order valence-corrected chi connectivity index (χ0v) is 10.2. The number of benzene rings is 1. The monoisotopic (exact) mass is 226 g/mol. The van der Waals surface area contributed by atoms with Gasteiger partial charge in [0.25, 0.3) is 0 Å². The fourth-order valence-corrected chi connectivity index (χ4v) is 1.43. The van der Waals surface area contributed by atoms with Gasteiger partial charge < -0.3 is 9.47 Å². The Morgan fingerprint density at radius 1 is 1.27 bits per heavy atom. The summed E-state index contributed by atoms with van der Waals surface area (Å²) in [5.74, 6) is 2.47. The van der Waals surface area contributed by atoms with Crippen molar-refractivity contribution >= 4 is 12.6 Å². The maximum Gasteiger partial charge on any atom is 0.161 e. The molecular formula is C12H18O2S. The number of thiol groups is 1. The number of hydrogen-bond donors (Lipinski definition) is 1. The summed E-state index contributed by atoms with van der Waals surface area (Å²) in [4.78, 5) is 0. The molecule has 15 heavy (non-hydrogen) atoms. The molecule has 3 heteroatoms. The Morgan fingerprint density at radius 3 is 2.67 bits per heavy atom. The first-order chi connectivity index (χ1) is 7.31. The van der Waals surface area contributed by atoms with Gasteiger partial charge in [-0.1, -0.05) is 13.0 Å². The van der Waals surface area contributed by atoms with E-state index in [0.29, 0.717) is 6.61 Å². The first-order valence-electron chi connectivity index (χ1n) is 5.22. The van der Waals surface area contributed by atoms with Crippen LogP contribution in [0.1, 0.15) is 18.9 Å². The zero-order valence-electron chi connectivity index (χ0n) is 9.32. The van der Waals surface area contributed by atoms with Crippen molar-refractivity contribution in [2.24, 2.45) is 0 Å². The van der Waals surface area contributed by atoms with Crippen molar-refractivity contribution in [1.29, 1.82) is 0 Å². The first-order valence-corrected chi connectivity index (χ1v) is 5.85. The Labute approximate surface area is 97.0 Å². The Bertz CT molecular complexity index is 300. The van der Waals surface area contributed by atoms with Crippen LogP contribution in [0.25, 0.3) is 0 Å². The summed E-state index contributed by atoms with van der Waals surface area (Å²) in [5.41, 5.74) is 1.26. The minimum atomic E-state index is 0.686. The minimum absolute atomic E-state index is 0.686. The van der Waals surface area contributed by atoms with E-state index in [1.807, 2.05) is 12.1 Å². The molecule has 84 valence electrons. The van der Waals surface area contributed by atoms with Crippen molar-refractivity contribution in [2.45, 2.75) is 19.8 Å². The summed E-state index contributed by atoms with van der Waals surface area (Å²) in [6, 6.07) is 6.06. The lowest BCUT2D eigenvalue weighted by atomic mass is 10.1. The fraction of sp³-hybridized carbons (Fsp3) is 0.500. The van der Waals surface area contributed by atoms with Crippen LogP contribution in [-0.4, -0.2) is 19.5 Å². The van der Waals surface area contributed by atoms with E-state index >= 15 is 0 Å². The molecule has 0 atom stereocenters. The molecule has 0 radical (unpaired) electrons. The van der Waals surface area contributed by atoms with Crippen LogP contribution in [0.4, 0.5) is 0 Å². The van der Waals surface area contributed by atoms with Gasteiger partial charge in [-0.2, -0.15) is 12.6 Å². The number of methoxy groups -OCH3 is 1. The minimum Gasteiger partial charge on any atom is -0.493 e. The molecule has 0 bridgehead atoms. The molecule has 0 heterocycles. The standard InChI is InChI=1S/C12H18O2S/c1-3-10-5-6-11(12(9-10)13-2)14-7-4-8-15/h5-6,9,15H,3-4,7-8H2,1-2H3. The summed E-state index contributed by atoms with van der Waals surface area (Å²) in [7, 11) is 1.67. The Kier molecular flexibility index (Phi) is 5.40. The van der Waals surface area contributed by atoms with Gasteiger partial charge in [0.15, 0.2) is 11.5 Å². The third kappa shape index (κ3) is 3.67. The molecule has 0 spiro atoms. The Hall–Kier alpha value is -0.830. The number of aryl methyl sites for hydroxylation is 1. The van der Waals surface area contributed by atoms with E-state index in [-0.39, 0.29) is 0 Å². The highest BCUT2D eigenvalue weighted by Crippen LogP contribution is 2.28. The van der Waals surface area contributed by atoms with Crippen LogP contribution >= 0.6 is 12.6 Å². The third-order valence-corrected chi connectivity index (χ3v) is 2.51. The van der Waals surface area contributed by atoms with Crippen molar-refractivity contribution in [3.05, 3.63) is 23.8 Å². The molecule has 0 unspecified atom stereocenters. The molecule has 0 aliphatic heterocycles. The van der Waals surface area contributed by atoms with Gasteiger partial charge in [0.05, 0.1) is 13.7 Å². The predicted octanol–water partition coefficient (Wildman–Crippen LogP) is 2.96. The fourth-order valence-electron chi connectivity index (χ4n) is 1.30. The normalized spacial score (nSPS) is 10.1. The molecule has 0 aliphatic carbocycles. The molecule has 0 aliphatic rings. The van der Waals surface area contributed by atoms with Crippen LogP contribution in [-0.2, 0) is 6.42 Å². The molecule has 0 fully saturated rings. The van der Waals surface area contributed by atoms with Gasteiger partial charge >= 0.3 is 0 Å². The summed E-state index contributed by atoms with van der Waals surface area (Å²) < 4.78 is 10.9. The lowest BCUT2D eigenvalue weighted by molar-refractivity contribution is 0.295. The number of ether oxygens (including phenoxy) is 2. The van der Waals surface area contributed by atoms with E-state index in [2.05, 4.69) is 25.6 Å². The SMILES string of the molecule is CCc1ccc(OCCCS)c(OC)c1. The topological polar surface area (TPSA) is 18.5 Å². The van der Waals surface area contributed by atoms with Gasteiger partial charge in [-0.3, -0.25) is 0 Å². The second-order valence-electron chi connectivity index (χ2n) is 3.26. The lowest BCUT2D eigenvalue weighted by Crippen LogP contribution is -2.00. The van der Waals surface area contributed by atoms with Crippen LogP contribution in [0.5, 0.6) is 11.5 Å². The second kappa shape index (κ2) is 6.62. The highest BCUT2D eigenvalue weighted by molar-refractivity contribution is 7.80. The van der Waals surface area contributed by atoms with E-state index in [1.165, 1.54) is 5.56 Å². The van der Waals surface area contributed by atoms with Crippen LogP contribution in [0, 0.1) is 0 Å². The van der Waals surface area contributed by atoms with E-state index in [4.69, 9.17) is 9.47 Å². The maximum atomic E-state index is 5.59. The average Bonchev–Trinajstić information content (AvgIpc) is 2.29. The van der Waals surface area contributed by atoms with Crippen LogP contribution in [0.3, 0.4) is 0 Å². The second-order valence-corrected chi connectivity index (χ2v) is 3.71. The van der Waals surface area contributed by atoms with Crippen LogP contribution < -0.4 is 9.47 Å². The molecule has 2 nitrogen and oxygen atoms in total.